The van der Waals surface area contributed by atoms with Gasteiger partial charge in [-0.2, -0.15) is 0 Å². The van der Waals surface area contributed by atoms with Crippen molar-refractivity contribution < 1.29 is 18.7 Å². The first kappa shape index (κ1) is 16.9. The highest BCUT2D eigenvalue weighted by Gasteiger charge is 2.40. The first-order chi connectivity index (χ1) is 10.2. The van der Waals surface area contributed by atoms with E-state index in [1.807, 2.05) is 30.3 Å². The number of halogens is 2. The number of aliphatic hydroxyl groups is 1. The lowest BCUT2D eigenvalue weighted by Gasteiger charge is -2.37. The first-order valence-electron chi connectivity index (χ1n) is 7.63. The maximum absolute atomic E-state index is 13.2. The lowest BCUT2D eigenvalue weighted by molar-refractivity contribution is -0.152. The molecule has 1 amide bonds. The molecule has 1 saturated carbocycles. The lowest BCUT2D eigenvalue weighted by atomic mass is 9.89. The second-order valence-electron chi connectivity index (χ2n) is 6.44. The van der Waals surface area contributed by atoms with Gasteiger partial charge < -0.3 is 10.0 Å². The van der Waals surface area contributed by atoms with E-state index in [1.165, 1.54) is 11.8 Å². The lowest BCUT2D eigenvalue weighted by Crippen LogP contribution is -2.51. The van der Waals surface area contributed by atoms with Crippen LogP contribution in [-0.2, 0) is 11.2 Å². The molecule has 1 aromatic rings. The largest absolute Gasteiger partial charge is 0.380 e. The summed E-state index contributed by atoms with van der Waals surface area (Å²) in [4.78, 5) is 14.0. The molecule has 22 heavy (non-hydrogen) atoms. The summed E-state index contributed by atoms with van der Waals surface area (Å²) in [6.07, 6.45) is 0.361. The van der Waals surface area contributed by atoms with Crippen LogP contribution in [0.25, 0.3) is 0 Å². The minimum absolute atomic E-state index is 0.198. The second-order valence-corrected chi connectivity index (χ2v) is 6.44. The SMILES string of the molecule is CN(C(=O)C(C)(O)Cc1ccccc1)C1CCC(F)(F)CC1. The van der Waals surface area contributed by atoms with Gasteiger partial charge in [-0.25, -0.2) is 8.78 Å². The fourth-order valence-electron chi connectivity index (χ4n) is 3.03. The number of hydrogen-bond acceptors (Lipinski definition) is 2. The fourth-order valence-corrected chi connectivity index (χ4v) is 3.03. The number of likely N-dealkylation sites (N-methyl/N-ethyl adjacent to an activating group) is 1. The van der Waals surface area contributed by atoms with Crippen molar-refractivity contribution in [1.29, 1.82) is 0 Å². The monoisotopic (exact) mass is 311 g/mol. The molecule has 1 unspecified atom stereocenters. The zero-order valence-corrected chi connectivity index (χ0v) is 13.1. The van der Waals surface area contributed by atoms with Gasteiger partial charge in [-0.1, -0.05) is 30.3 Å². The van der Waals surface area contributed by atoms with Gasteiger partial charge in [0.1, 0.15) is 5.60 Å². The number of nitrogens with zero attached hydrogens (tertiary/aromatic N) is 1. The molecule has 3 nitrogen and oxygen atoms in total. The fraction of sp³-hybridized carbons (Fsp3) is 0.588. The van der Waals surface area contributed by atoms with E-state index >= 15 is 0 Å². The van der Waals surface area contributed by atoms with Crippen molar-refractivity contribution in [2.45, 2.75) is 56.6 Å². The van der Waals surface area contributed by atoms with Crippen molar-refractivity contribution in [1.82, 2.24) is 4.90 Å². The van der Waals surface area contributed by atoms with Gasteiger partial charge in [0, 0.05) is 32.4 Å². The van der Waals surface area contributed by atoms with Crippen molar-refractivity contribution >= 4 is 5.91 Å². The van der Waals surface area contributed by atoms with Crippen LogP contribution in [0.3, 0.4) is 0 Å². The third kappa shape index (κ3) is 4.03. The highest BCUT2D eigenvalue weighted by molar-refractivity contribution is 5.85. The summed E-state index contributed by atoms with van der Waals surface area (Å²) >= 11 is 0. The maximum atomic E-state index is 13.2. The van der Waals surface area contributed by atoms with Crippen LogP contribution in [0, 0.1) is 0 Å². The third-order valence-electron chi connectivity index (χ3n) is 4.41. The van der Waals surface area contributed by atoms with Crippen molar-refractivity contribution in [2.24, 2.45) is 0 Å². The van der Waals surface area contributed by atoms with Gasteiger partial charge in [0.2, 0.25) is 5.92 Å². The average Bonchev–Trinajstić information content (AvgIpc) is 2.46. The van der Waals surface area contributed by atoms with Gasteiger partial charge in [0.15, 0.2) is 0 Å². The number of amides is 1. The zero-order chi connectivity index (χ0) is 16.4. The second kappa shape index (κ2) is 6.32. The van der Waals surface area contributed by atoms with Gasteiger partial charge >= 0.3 is 0 Å². The minimum atomic E-state index is -2.62. The normalized spacial score (nSPS) is 21.1. The zero-order valence-electron chi connectivity index (χ0n) is 13.1. The molecular formula is C17H23F2NO2. The quantitative estimate of drug-likeness (QED) is 0.928. The summed E-state index contributed by atoms with van der Waals surface area (Å²) in [5.41, 5.74) is -0.666. The average molecular weight is 311 g/mol. The number of carbonyl (C=O) groups excluding carboxylic acids is 1. The Balaban J connectivity index is 2.00. The van der Waals surface area contributed by atoms with Gasteiger partial charge in [0.05, 0.1) is 0 Å². The number of rotatable bonds is 4. The molecule has 0 aromatic heterocycles. The molecule has 0 spiro atoms. The Bertz CT molecular complexity index is 507. The summed E-state index contributed by atoms with van der Waals surface area (Å²) in [6, 6.07) is 9.04. The van der Waals surface area contributed by atoms with Crippen LogP contribution in [0.4, 0.5) is 8.78 Å². The summed E-state index contributed by atoms with van der Waals surface area (Å²) in [6.45, 7) is 1.48. The minimum Gasteiger partial charge on any atom is -0.380 e. The molecular weight excluding hydrogens is 288 g/mol. The topological polar surface area (TPSA) is 40.5 Å². The predicted octanol–water partition coefficient (Wildman–Crippen LogP) is 3.02. The summed E-state index contributed by atoms with van der Waals surface area (Å²) < 4.78 is 26.4. The van der Waals surface area contributed by atoms with Gasteiger partial charge in [0.25, 0.3) is 5.91 Å². The van der Waals surface area contributed by atoms with E-state index in [-0.39, 0.29) is 38.1 Å². The van der Waals surface area contributed by atoms with E-state index in [4.69, 9.17) is 0 Å². The van der Waals surface area contributed by atoms with E-state index in [2.05, 4.69) is 0 Å². The molecule has 1 aliphatic rings. The van der Waals surface area contributed by atoms with E-state index in [0.717, 1.165) is 5.56 Å². The Morgan fingerprint density at radius 2 is 1.86 bits per heavy atom. The molecule has 122 valence electrons. The van der Waals surface area contributed by atoms with Crippen molar-refractivity contribution in [3.63, 3.8) is 0 Å². The summed E-state index contributed by atoms with van der Waals surface area (Å²) in [5.74, 6) is -3.03. The molecule has 5 heteroatoms. The number of benzene rings is 1. The molecule has 0 saturated heterocycles. The van der Waals surface area contributed by atoms with Crippen molar-refractivity contribution in [3.8, 4) is 0 Å². The molecule has 1 N–H and O–H groups in total. The molecule has 1 aromatic carbocycles. The van der Waals surface area contributed by atoms with Crippen LogP contribution in [0.5, 0.6) is 0 Å². The molecule has 2 rings (SSSR count). The van der Waals surface area contributed by atoms with Crippen LogP contribution in [0.2, 0.25) is 0 Å². The smallest absolute Gasteiger partial charge is 0.254 e. The number of carbonyl (C=O) groups is 1. The Morgan fingerprint density at radius 3 is 2.41 bits per heavy atom. The molecule has 0 radical (unpaired) electrons. The molecule has 0 aliphatic heterocycles. The molecule has 0 heterocycles. The Labute approximate surface area is 129 Å². The van der Waals surface area contributed by atoms with Crippen molar-refractivity contribution in [2.75, 3.05) is 7.05 Å². The molecule has 0 bridgehead atoms. The molecule has 1 atom stereocenters. The number of alkyl halides is 2. The Kier molecular flexibility index (Phi) is 4.85. The Hall–Kier alpha value is -1.49. The van der Waals surface area contributed by atoms with Crippen LogP contribution < -0.4 is 0 Å². The van der Waals surface area contributed by atoms with Crippen LogP contribution in [0.15, 0.2) is 30.3 Å². The standard InChI is InChI=1S/C17H23F2NO2/c1-16(22,12-13-6-4-3-5-7-13)15(21)20(2)14-8-10-17(18,19)11-9-14/h3-7,14,22H,8-12H2,1-2H3. The predicted molar refractivity (Wildman–Crippen MR) is 80.7 cm³/mol. The molecule has 1 fully saturated rings. The Morgan fingerprint density at radius 1 is 1.32 bits per heavy atom. The van der Waals surface area contributed by atoms with Gasteiger partial charge in [-0.15, -0.1) is 0 Å². The molecule has 1 aliphatic carbocycles. The first-order valence-corrected chi connectivity index (χ1v) is 7.63. The van der Waals surface area contributed by atoms with E-state index in [1.54, 1.807) is 7.05 Å². The van der Waals surface area contributed by atoms with Crippen LogP contribution >= 0.6 is 0 Å². The van der Waals surface area contributed by atoms with Gasteiger partial charge in [-0.3, -0.25) is 4.79 Å². The highest BCUT2D eigenvalue weighted by Crippen LogP contribution is 2.35. The summed E-state index contributed by atoms with van der Waals surface area (Å²) in [7, 11) is 1.59. The van der Waals surface area contributed by atoms with Crippen LogP contribution in [-0.4, -0.2) is 40.5 Å². The number of hydrogen-bond donors (Lipinski definition) is 1. The highest BCUT2D eigenvalue weighted by atomic mass is 19.3. The van der Waals surface area contributed by atoms with E-state index in [9.17, 15) is 18.7 Å². The van der Waals surface area contributed by atoms with E-state index in [0.29, 0.717) is 0 Å². The van der Waals surface area contributed by atoms with Gasteiger partial charge in [-0.05, 0) is 25.3 Å². The third-order valence-corrected chi connectivity index (χ3v) is 4.41. The van der Waals surface area contributed by atoms with Crippen molar-refractivity contribution in [3.05, 3.63) is 35.9 Å². The van der Waals surface area contributed by atoms with Crippen LogP contribution in [0.1, 0.15) is 38.2 Å². The maximum Gasteiger partial charge on any atom is 0.254 e. The summed E-state index contributed by atoms with van der Waals surface area (Å²) in [5, 5.41) is 10.5. The van der Waals surface area contributed by atoms with E-state index < -0.39 is 17.4 Å².